The molecular formula is C18H34ClN3O3. The summed E-state index contributed by atoms with van der Waals surface area (Å²) in [4.78, 5) is 26.3. The first kappa shape index (κ1) is 22.2. The van der Waals surface area contributed by atoms with Gasteiger partial charge in [0.2, 0.25) is 5.91 Å². The fourth-order valence-electron chi connectivity index (χ4n) is 3.61. The average molecular weight is 376 g/mol. The molecule has 2 atom stereocenters. The summed E-state index contributed by atoms with van der Waals surface area (Å²) in [7, 11) is 1.45. The van der Waals surface area contributed by atoms with Crippen molar-refractivity contribution in [3.63, 3.8) is 0 Å². The first-order valence-electron chi connectivity index (χ1n) is 9.24. The van der Waals surface area contributed by atoms with Crippen LogP contribution in [0.4, 0.5) is 0 Å². The van der Waals surface area contributed by atoms with Gasteiger partial charge in [0.25, 0.3) is 0 Å². The van der Waals surface area contributed by atoms with E-state index in [2.05, 4.69) is 15.5 Å². The largest absolute Gasteiger partial charge is 0.469 e. The number of likely N-dealkylation sites (tertiary alicyclic amines) is 1. The minimum Gasteiger partial charge on any atom is -0.469 e. The van der Waals surface area contributed by atoms with Crippen molar-refractivity contribution in [1.82, 2.24) is 15.5 Å². The van der Waals surface area contributed by atoms with Crippen molar-refractivity contribution >= 4 is 24.3 Å². The summed E-state index contributed by atoms with van der Waals surface area (Å²) in [5.74, 6) is 0.508. The number of hydrogen-bond donors (Lipinski definition) is 2. The molecule has 0 saturated carbocycles. The maximum Gasteiger partial charge on any atom is 0.311 e. The summed E-state index contributed by atoms with van der Waals surface area (Å²) in [6.07, 6.45) is 5.15. The number of nitrogens with zero attached hydrogens (tertiary/aromatic N) is 1. The molecule has 0 spiro atoms. The molecule has 25 heavy (non-hydrogen) atoms. The first-order chi connectivity index (χ1) is 11.4. The number of carbonyl (C=O) groups excluding carboxylic acids is 2. The monoisotopic (exact) mass is 375 g/mol. The molecular weight excluding hydrogens is 342 g/mol. The van der Waals surface area contributed by atoms with Crippen LogP contribution >= 0.6 is 12.4 Å². The predicted octanol–water partition coefficient (Wildman–Crippen LogP) is 1.58. The van der Waals surface area contributed by atoms with Gasteiger partial charge in [-0.25, -0.2) is 0 Å². The van der Waals surface area contributed by atoms with Gasteiger partial charge in [0.05, 0.1) is 18.6 Å². The third-order valence-corrected chi connectivity index (χ3v) is 5.34. The van der Waals surface area contributed by atoms with Crippen molar-refractivity contribution in [2.24, 2.45) is 11.3 Å². The Labute approximate surface area is 157 Å². The second kappa shape index (κ2) is 10.3. The third kappa shape index (κ3) is 6.76. The van der Waals surface area contributed by atoms with Crippen molar-refractivity contribution < 1.29 is 14.3 Å². The Morgan fingerprint density at radius 1 is 1.28 bits per heavy atom. The van der Waals surface area contributed by atoms with Crippen LogP contribution in [0.1, 0.15) is 46.0 Å². The van der Waals surface area contributed by atoms with Gasteiger partial charge < -0.3 is 20.3 Å². The van der Waals surface area contributed by atoms with Crippen LogP contribution in [-0.2, 0) is 14.3 Å². The molecule has 0 aromatic heterocycles. The molecule has 0 radical (unpaired) electrons. The van der Waals surface area contributed by atoms with Gasteiger partial charge in [-0.1, -0.05) is 0 Å². The Morgan fingerprint density at radius 3 is 2.68 bits per heavy atom. The van der Waals surface area contributed by atoms with Crippen LogP contribution in [0, 0.1) is 11.3 Å². The van der Waals surface area contributed by atoms with Gasteiger partial charge in [-0.3, -0.25) is 9.59 Å². The van der Waals surface area contributed by atoms with Crippen LogP contribution in [-0.4, -0.2) is 62.7 Å². The zero-order chi connectivity index (χ0) is 17.6. The van der Waals surface area contributed by atoms with Crippen LogP contribution in [0.3, 0.4) is 0 Å². The van der Waals surface area contributed by atoms with E-state index in [-0.39, 0.29) is 30.3 Å². The summed E-state index contributed by atoms with van der Waals surface area (Å²) < 4.78 is 4.88. The van der Waals surface area contributed by atoms with Crippen molar-refractivity contribution in [2.75, 3.05) is 39.8 Å². The molecule has 2 fully saturated rings. The van der Waals surface area contributed by atoms with Crippen molar-refractivity contribution in [2.45, 2.75) is 52.0 Å². The summed E-state index contributed by atoms with van der Waals surface area (Å²) in [6.45, 7) is 8.56. The summed E-state index contributed by atoms with van der Waals surface area (Å²) >= 11 is 0. The predicted molar refractivity (Wildman–Crippen MR) is 101 cm³/mol. The number of carbonyl (C=O) groups is 2. The average Bonchev–Trinajstić information content (AvgIpc) is 3.12. The molecule has 0 aromatic carbocycles. The highest BCUT2D eigenvalue weighted by molar-refractivity contribution is 5.85. The minimum atomic E-state index is -0.440. The Bertz CT molecular complexity index is 439. The standard InChI is InChI=1S/C18H33N3O3.ClH/c1-18(2,17(23)24-3)8-11-21-10-5-6-14(13-21)12-20-16(22)15-7-4-9-19-15;/h14-15,19H,4-13H2,1-3H3,(H,20,22);1H. The van der Waals surface area contributed by atoms with Crippen LogP contribution in [0.2, 0.25) is 0 Å². The summed E-state index contributed by atoms with van der Waals surface area (Å²) in [5, 5.41) is 6.35. The number of hydrogen-bond acceptors (Lipinski definition) is 5. The number of halogens is 1. The second-order valence-electron chi connectivity index (χ2n) is 7.83. The lowest BCUT2D eigenvalue weighted by atomic mass is 9.88. The zero-order valence-electron chi connectivity index (χ0n) is 15.8. The molecule has 7 heteroatoms. The molecule has 146 valence electrons. The van der Waals surface area contributed by atoms with E-state index in [0.717, 1.165) is 64.8 Å². The highest BCUT2D eigenvalue weighted by Gasteiger charge is 2.30. The molecule has 0 bridgehead atoms. The van der Waals surface area contributed by atoms with Gasteiger partial charge in [0.15, 0.2) is 0 Å². The van der Waals surface area contributed by atoms with Crippen LogP contribution in [0.25, 0.3) is 0 Å². The number of rotatable bonds is 7. The van der Waals surface area contributed by atoms with Crippen LogP contribution in [0.15, 0.2) is 0 Å². The lowest BCUT2D eigenvalue weighted by Crippen LogP contribution is -2.46. The van der Waals surface area contributed by atoms with Crippen molar-refractivity contribution in [3.8, 4) is 0 Å². The van der Waals surface area contributed by atoms with E-state index in [1.807, 2.05) is 13.8 Å². The fourth-order valence-corrected chi connectivity index (χ4v) is 3.61. The maximum atomic E-state index is 12.1. The minimum absolute atomic E-state index is 0. The molecule has 2 N–H and O–H groups in total. The Kier molecular flexibility index (Phi) is 9.17. The summed E-state index contributed by atoms with van der Waals surface area (Å²) in [6, 6.07) is 0.00514. The smallest absolute Gasteiger partial charge is 0.311 e. The van der Waals surface area contributed by atoms with Gasteiger partial charge >= 0.3 is 5.97 Å². The number of ether oxygens (including phenoxy) is 1. The SMILES string of the molecule is COC(=O)C(C)(C)CCN1CCCC(CNC(=O)C2CCCN2)C1.Cl. The molecule has 0 aliphatic carbocycles. The number of piperidine rings is 1. The molecule has 2 rings (SSSR count). The molecule has 0 aromatic rings. The zero-order valence-corrected chi connectivity index (χ0v) is 16.6. The topological polar surface area (TPSA) is 70.7 Å². The van der Waals surface area contributed by atoms with E-state index in [0.29, 0.717) is 5.92 Å². The molecule has 2 aliphatic heterocycles. The molecule has 1 amide bonds. The quantitative estimate of drug-likeness (QED) is 0.661. The first-order valence-corrected chi connectivity index (χ1v) is 9.24. The van der Waals surface area contributed by atoms with Gasteiger partial charge in [-0.05, 0) is 71.5 Å². The summed E-state index contributed by atoms with van der Waals surface area (Å²) in [5.41, 5.74) is -0.440. The second-order valence-corrected chi connectivity index (χ2v) is 7.83. The third-order valence-electron chi connectivity index (χ3n) is 5.34. The maximum absolute atomic E-state index is 12.1. The van der Waals surface area contributed by atoms with E-state index in [1.165, 1.54) is 7.11 Å². The van der Waals surface area contributed by atoms with E-state index in [4.69, 9.17) is 4.74 Å². The lowest BCUT2D eigenvalue weighted by Gasteiger charge is -2.34. The fraction of sp³-hybridized carbons (Fsp3) is 0.889. The van der Waals surface area contributed by atoms with E-state index >= 15 is 0 Å². The molecule has 6 nitrogen and oxygen atoms in total. The van der Waals surface area contributed by atoms with E-state index in [1.54, 1.807) is 0 Å². The molecule has 2 aliphatic rings. The van der Waals surface area contributed by atoms with Crippen molar-refractivity contribution in [1.29, 1.82) is 0 Å². The van der Waals surface area contributed by atoms with Gasteiger partial charge in [0, 0.05) is 13.1 Å². The normalized spacial score (nSPS) is 24.4. The Balaban J connectivity index is 0.00000312. The van der Waals surface area contributed by atoms with E-state index < -0.39 is 5.41 Å². The van der Waals surface area contributed by atoms with Gasteiger partial charge in [-0.15, -0.1) is 12.4 Å². The highest BCUT2D eigenvalue weighted by atomic mass is 35.5. The van der Waals surface area contributed by atoms with Crippen LogP contribution in [0.5, 0.6) is 0 Å². The van der Waals surface area contributed by atoms with Crippen molar-refractivity contribution in [3.05, 3.63) is 0 Å². The number of methoxy groups -OCH3 is 1. The molecule has 2 heterocycles. The van der Waals surface area contributed by atoms with E-state index in [9.17, 15) is 9.59 Å². The highest BCUT2D eigenvalue weighted by Crippen LogP contribution is 2.24. The molecule has 2 saturated heterocycles. The Morgan fingerprint density at radius 2 is 2.04 bits per heavy atom. The van der Waals surface area contributed by atoms with Gasteiger partial charge in [-0.2, -0.15) is 0 Å². The van der Waals surface area contributed by atoms with Gasteiger partial charge in [0.1, 0.15) is 0 Å². The molecule has 2 unspecified atom stereocenters. The number of amides is 1. The number of esters is 1. The number of nitrogens with one attached hydrogen (secondary N) is 2. The Hall–Kier alpha value is -0.850. The van der Waals surface area contributed by atoms with Crippen LogP contribution < -0.4 is 10.6 Å². The lowest BCUT2D eigenvalue weighted by molar-refractivity contribution is -0.151.